The van der Waals surface area contributed by atoms with Crippen molar-refractivity contribution in [3.63, 3.8) is 0 Å². The van der Waals surface area contributed by atoms with Gasteiger partial charge in [0.05, 0.1) is 0 Å². The van der Waals surface area contributed by atoms with Crippen molar-refractivity contribution in [2.75, 3.05) is 18.2 Å². The van der Waals surface area contributed by atoms with Crippen LogP contribution in [0.1, 0.15) is 38.9 Å². The highest BCUT2D eigenvalue weighted by atomic mass is 16.5. The van der Waals surface area contributed by atoms with Crippen LogP contribution in [-0.2, 0) is 11.3 Å². The van der Waals surface area contributed by atoms with Gasteiger partial charge in [-0.1, -0.05) is 13.8 Å². The van der Waals surface area contributed by atoms with Gasteiger partial charge in [0.1, 0.15) is 18.2 Å². The minimum atomic E-state index is 0.386. The molecule has 1 saturated carbocycles. The summed E-state index contributed by atoms with van der Waals surface area (Å²) in [6.45, 7) is 5.01. The van der Waals surface area contributed by atoms with Gasteiger partial charge in [-0.05, 0) is 31.1 Å². The summed E-state index contributed by atoms with van der Waals surface area (Å²) in [6, 6.07) is 2.27. The molecule has 0 saturated heterocycles. The number of ether oxygens (including phenoxy) is 1. The smallest absolute Gasteiger partial charge is 0.158 e. The van der Waals surface area contributed by atoms with Gasteiger partial charge in [0.25, 0.3) is 0 Å². The van der Waals surface area contributed by atoms with Crippen molar-refractivity contribution in [2.24, 2.45) is 11.8 Å². The summed E-state index contributed by atoms with van der Waals surface area (Å²) in [5.41, 5.74) is 5.80. The number of nitrogens with one attached hydrogen (secondary N) is 1. The van der Waals surface area contributed by atoms with Gasteiger partial charge in [-0.15, -0.1) is 0 Å². The highest BCUT2D eigenvalue weighted by Crippen LogP contribution is 2.30. The molecular weight excluding hydrogens is 240 g/mol. The molecular formula is C14H24N4O. The maximum absolute atomic E-state index is 5.80. The molecule has 0 spiro atoms. The van der Waals surface area contributed by atoms with Crippen molar-refractivity contribution < 1.29 is 4.74 Å². The Hall–Kier alpha value is -1.36. The van der Waals surface area contributed by atoms with Crippen molar-refractivity contribution >= 4 is 11.6 Å². The Labute approximate surface area is 115 Å². The first-order valence-corrected chi connectivity index (χ1v) is 6.97. The van der Waals surface area contributed by atoms with Crippen LogP contribution in [0.2, 0.25) is 0 Å². The summed E-state index contributed by atoms with van der Waals surface area (Å²) in [5, 5.41) is 3.50. The maximum atomic E-state index is 5.80. The fourth-order valence-corrected chi connectivity index (χ4v) is 2.86. The first kappa shape index (κ1) is 14.1. The number of rotatable bonds is 4. The van der Waals surface area contributed by atoms with Crippen LogP contribution in [0.25, 0.3) is 0 Å². The molecule has 106 valence electrons. The molecule has 0 bridgehead atoms. The summed E-state index contributed by atoms with van der Waals surface area (Å²) in [5.74, 6) is 3.41. The van der Waals surface area contributed by atoms with E-state index in [1.54, 1.807) is 13.2 Å². The van der Waals surface area contributed by atoms with Gasteiger partial charge in [0.2, 0.25) is 0 Å². The predicted octanol–water partition coefficient (Wildman–Crippen LogP) is 2.44. The standard InChI is InChI=1S/C14H24N4O/c1-9-4-5-11(10(2)6-9)16-13-7-12(15)17-14(18-13)8-19-3/h7,9-11H,4-6,8H2,1-3H3,(H3,15,16,17,18). The van der Waals surface area contributed by atoms with E-state index < -0.39 is 0 Å². The summed E-state index contributed by atoms with van der Waals surface area (Å²) in [4.78, 5) is 8.59. The molecule has 3 atom stereocenters. The number of hydrogen-bond acceptors (Lipinski definition) is 5. The van der Waals surface area contributed by atoms with E-state index in [2.05, 4.69) is 29.1 Å². The molecule has 1 fully saturated rings. The predicted molar refractivity (Wildman–Crippen MR) is 76.7 cm³/mol. The number of aromatic nitrogens is 2. The quantitative estimate of drug-likeness (QED) is 0.874. The molecule has 1 heterocycles. The first-order valence-electron chi connectivity index (χ1n) is 6.97. The lowest BCUT2D eigenvalue weighted by Gasteiger charge is -2.33. The number of nitrogen functional groups attached to an aromatic ring is 1. The molecule has 19 heavy (non-hydrogen) atoms. The number of anilines is 2. The van der Waals surface area contributed by atoms with E-state index in [0.717, 1.165) is 11.7 Å². The molecule has 1 aliphatic carbocycles. The summed E-state index contributed by atoms with van der Waals surface area (Å²) >= 11 is 0. The number of nitrogens with two attached hydrogens (primary N) is 1. The second-order valence-electron chi connectivity index (χ2n) is 5.67. The molecule has 1 aliphatic rings. The lowest BCUT2D eigenvalue weighted by Crippen LogP contribution is -2.33. The van der Waals surface area contributed by atoms with Gasteiger partial charge in [0, 0.05) is 19.2 Å². The van der Waals surface area contributed by atoms with Crippen LogP contribution in [-0.4, -0.2) is 23.1 Å². The molecule has 1 aromatic heterocycles. The van der Waals surface area contributed by atoms with E-state index in [1.807, 2.05) is 0 Å². The van der Waals surface area contributed by atoms with Crippen molar-refractivity contribution in [1.29, 1.82) is 0 Å². The molecule has 5 nitrogen and oxygen atoms in total. The van der Waals surface area contributed by atoms with Crippen LogP contribution < -0.4 is 11.1 Å². The average Bonchev–Trinajstić information content (AvgIpc) is 2.32. The van der Waals surface area contributed by atoms with Gasteiger partial charge in [0.15, 0.2) is 5.82 Å². The van der Waals surface area contributed by atoms with Gasteiger partial charge in [-0.25, -0.2) is 9.97 Å². The van der Waals surface area contributed by atoms with Crippen LogP contribution in [0.4, 0.5) is 11.6 Å². The maximum Gasteiger partial charge on any atom is 0.158 e. The fourth-order valence-electron chi connectivity index (χ4n) is 2.86. The van der Waals surface area contributed by atoms with Gasteiger partial charge < -0.3 is 15.8 Å². The minimum absolute atomic E-state index is 0.386. The Kier molecular flexibility index (Phi) is 4.58. The lowest BCUT2D eigenvalue weighted by atomic mass is 9.80. The highest BCUT2D eigenvalue weighted by Gasteiger charge is 2.25. The summed E-state index contributed by atoms with van der Waals surface area (Å²) in [7, 11) is 1.63. The number of hydrogen-bond donors (Lipinski definition) is 2. The Morgan fingerprint density at radius 1 is 1.37 bits per heavy atom. The fraction of sp³-hybridized carbons (Fsp3) is 0.714. The average molecular weight is 264 g/mol. The first-order chi connectivity index (χ1) is 9.08. The zero-order valence-corrected chi connectivity index (χ0v) is 12.0. The highest BCUT2D eigenvalue weighted by molar-refractivity contribution is 5.45. The molecule has 2 rings (SSSR count). The monoisotopic (exact) mass is 264 g/mol. The van der Waals surface area contributed by atoms with Crippen molar-refractivity contribution in [3.8, 4) is 0 Å². The van der Waals surface area contributed by atoms with E-state index in [9.17, 15) is 0 Å². The molecule has 3 unspecified atom stereocenters. The molecule has 0 amide bonds. The minimum Gasteiger partial charge on any atom is -0.384 e. The Balaban J connectivity index is 2.05. The molecule has 1 aromatic rings. The third kappa shape index (κ3) is 3.80. The number of nitrogens with zero attached hydrogens (tertiary/aromatic N) is 2. The van der Waals surface area contributed by atoms with Gasteiger partial charge in [-0.3, -0.25) is 0 Å². The molecule has 0 aliphatic heterocycles. The van der Waals surface area contributed by atoms with Gasteiger partial charge in [-0.2, -0.15) is 0 Å². The van der Waals surface area contributed by atoms with Crippen LogP contribution in [0.15, 0.2) is 6.07 Å². The van der Waals surface area contributed by atoms with E-state index in [4.69, 9.17) is 10.5 Å². The zero-order valence-electron chi connectivity index (χ0n) is 12.0. The van der Waals surface area contributed by atoms with Crippen LogP contribution in [0.5, 0.6) is 0 Å². The Morgan fingerprint density at radius 3 is 2.84 bits per heavy atom. The third-order valence-corrected chi connectivity index (χ3v) is 3.83. The van der Waals surface area contributed by atoms with Crippen LogP contribution in [0, 0.1) is 11.8 Å². The number of methoxy groups -OCH3 is 1. The Bertz CT molecular complexity index is 424. The lowest BCUT2D eigenvalue weighted by molar-refractivity contribution is 0.178. The second kappa shape index (κ2) is 6.19. The van der Waals surface area contributed by atoms with Crippen LogP contribution in [0.3, 0.4) is 0 Å². The summed E-state index contributed by atoms with van der Waals surface area (Å²) < 4.78 is 5.05. The van der Waals surface area contributed by atoms with Crippen LogP contribution >= 0.6 is 0 Å². The largest absolute Gasteiger partial charge is 0.384 e. The van der Waals surface area contributed by atoms with E-state index >= 15 is 0 Å². The SMILES string of the molecule is COCc1nc(N)cc(NC2CCC(C)CC2C)n1. The van der Waals surface area contributed by atoms with E-state index in [0.29, 0.717) is 30.2 Å². The Morgan fingerprint density at radius 2 is 2.16 bits per heavy atom. The normalized spacial score (nSPS) is 27.2. The third-order valence-electron chi connectivity index (χ3n) is 3.83. The van der Waals surface area contributed by atoms with Gasteiger partial charge >= 0.3 is 0 Å². The van der Waals surface area contributed by atoms with E-state index in [1.165, 1.54) is 19.3 Å². The molecule has 0 aromatic carbocycles. The topological polar surface area (TPSA) is 73.1 Å². The summed E-state index contributed by atoms with van der Waals surface area (Å²) in [6.07, 6.45) is 3.72. The zero-order chi connectivity index (χ0) is 13.8. The molecule has 5 heteroatoms. The van der Waals surface area contributed by atoms with E-state index in [-0.39, 0.29) is 0 Å². The second-order valence-corrected chi connectivity index (χ2v) is 5.67. The van der Waals surface area contributed by atoms with Crippen molar-refractivity contribution in [1.82, 2.24) is 9.97 Å². The van der Waals surface area contributed by atoms with Crippen molar-refractivity contribution in [3.05, 3.63) is 11.9 Å². The molecule has 3 N–H and O–H groups in total. The van der Waals surface area contributed by atoms with Crippen molar-refractivity contribution in [2.45, 2.75) is 45.8 Å². The molecule has 0 radical (unpaired) electrons.